The fourth-order valence-corrected chi connectivity index (χ4v) is 18.2. The SMILES string of the molecule is CCC[C@H]1O[C@@H]2C[C@H]3[C@@H]4CCC5=CC(=O)C=C[C@]5(C)[C@H]4[C@@H](O)C[C@]3(C)[C@]2(C(=O)COCNC(=O)CNC(=O)OCc2ccc(NC(=O)[C@H](CCCNC(N)=O)NC(=O)[C@@H](NC(=O)CCOCCOCCOCCOCCNC(=O)CCC(=O)N3Cc4ccccc4-c4c(nnn4CCOCCOCCOCCOCCC(=O)NCCS(=O)(=O)O)-c4ccccc43)C(C)C)cc2)O1. The Balaban J connectivity index is 0.544. The molecule has 0 unspecified atom stereocenters. The van der Waals surface area contributed by atoms with E-state index in [0.29, 0.717) is 87.0 Å². The average Bonchev–Trinajstić information content (AvgIpc) is 1.52. The summed E-state index contributed by atoms with van der Waals surface area (Å²) in [5, 5.41) is 42.1. The number of benzene rings is 3. The first-order chi connectivity index (χ1) is 63.0. The Morgan fingerprint density at radius 3 is 1.97 bits per heavy atom. The number of carbonyl (C=O) groups excluding carboxylic acids is 11. The molecule has 3 aromatic carbocycles. The molecule has 4 aliphatic carbocycles. The van der Waals surface area contributed by atoms with Gasteiger partial charge in [0.1, 0.15) is 44.3 Å². The number of nitrogens with two attached hydrogens (primary N) is 1. The summed E-state index contributed by atoms with van der Waals surface area (Å²) in [6.45, 7) is 12.8. The predicted octanol–water partition coefficient (Wildman–Crippen LogP) is 4.04. The monoisotopic (exact) mass is 1850 g/mol. The number of hydrogen-bond donors (Lipinski definition) is 11. The van der Waals surface area contributed by atoms with Crippen molar-refractivity contribution in [2.24, 2.45) is 40.2 Å². The third-order valence-corrected chi connectivity index (χ3v) is 24.9. The molecule has 3 heterocycles. The van der Waals surface area contributed by atoms with Crippen molar-refractivity contribution in [3.63, 3.8) is 0 Å². The van der Waals surface area contributed by atoms with Crippen LogP contribution in [0.15, 0.2) is 96.6 Å². The van der Waals surface area contributed by atoms with Crippen LogP contribution in [-0.2, 0) is 130 Å². The van der Waals surface area contributed by atoms with Crippen molar-refractivity contribution in [1.29, 1.82) is 0 Å². The van der Waals surface area contributed by atoms with Gasteiger partial charge in [0.2, 0.25) is 41.4 Å². The highest BCUT2D eigenvalue weighted by atomic mass is 32.2. The number of aliphatic hydroxyl groups excluding tert-OH is 1. The summed E-state index contributed by atoms with van der Waals surface area (Å²) in [6, 6.07) is 18.5. The van der Waals surface area contributed by atoms with E-state index >= 15 is 0 Å². The number of rotatable bonds is 57. The Morgan fingerprint density at radius 1 is 0.679 bits per heavy atom. The van der Waals surface area contributed by atoms with Crippen molar-refractivity contribution in [3.05, 3.63) is 108 Å². The quantitative estimate of drug-likeness (QED) is 0.0169. The molecule has 12 N–H and O–H groups in total. The number of urea groups is 1. The van der Waals surface area contributed by atoms with E-state index in [1.54, 1.807) is 59.8 Å². The van der Waals surface area contributed by atoms with E-state index in [1.807, 2.05) is 68.5 Å². The van der Waals surface area contributed by atoms with Crippen molar-refractivity contribution >= 4 is 86.5 Å². The number of alkyl carbamates (subject to hydrolysis) is 1. The number of hydrogen-bond acceptors (Lipinski definition) is 28. The van der Waals surface area contributed by atoms with Crippen LogP contribution in [0.25, 0.3) is 22.5 Å². The molecule has 1 saturated heterocycles. The van der Waals surface area contributed by atoms with Gasteiger partial charge < -0.3 is 115 Å². The van der Waals surface area contributed by atoms with Gasteiger partial charge in [0.05, 0.1) is 148 Å². The summed E-state index contributed by atoms with van der Waals surface area (Å²) in [5.74, 6) is -4.80. The minimum Gasteiger partial charge on any atom is -0.445 e. The van der Waals surface area contributed by atoms with Crippen LogP contribution in [0.5, 0.6) is 0 Å². The molecule has 0 bridgehead atoms. The number of nitrogens with one attached hydrogen (secondary N) is 8. The second-order valence-corrected chi connectivity index (χ2v) is 35.2. The molecule has 10 amide bonds. The highest BCUT2D eigenvalue weighted by Gasteiger charge is 2.76. The topological polar surface area (TPSA) is 529 Å². The van der Waals surface area contributed by atoms with E-state index in [0.717, 1.165) is 35.2 Å². The van der Waals surface area contributed by atoms with Gasteiger partial charge in [-0.3, -0.25) is 47.7 Å². The Labute approximate surface area is 762 Å². The molecule has 720 valence electrons. The van der Waals surface area contributed by atoms with Crippen LogP contribution in [0.3, 0.4) is 0 Å². The lowest BCUT2D eigenvalue weighted by Crippen LogP contribution is -2.63. The normalized spacial score (nSPS) is 21.5. The number of nitrogens with zero attached hydrogens (tertiary/aromatic N) is 4. The third-order valence-electron chi connectivity index (χ3n) is 24.2. The summed E-state index contributed by atoms with van der Waals surface area (Å²) in [5.41, 5.74) is 8.84. The van der Waals surface area contributed by atoms with Crippen LogP contribution in [0.4, 0.5) is 21.0 Å². The number of carbonyl (C=O) groups is 11. The molecular formula is C90H127N13O27S. The zero-order valence-electron chi connectivity index (χ0n) is 75.1. The maximum absolute atomic E-state index is 14.6. The first-order valence-electron chi connectivity index (χ1n) is 44.8. The van der Waals surface area contributed by atoms with Crippen molar-refractivity contribution in [2.75, 3.05) is 161 Å². The van der Waals surface area contributed by atoms with Gasteiger partial charge in [0, 0.05) is 78.9 Å². The summed E-state index contributed by atoms with van der Waals surface area (Å²) >= 11 is 0. The maximum Gasteiger partial charge on any atom is 0.407 e. The lowest BCUT2D eigenvalue weighted by Gasteiger charge is -2.59. The zero-order valence-corrected chi connectivity index (χ0v) is 75.9. The third kappa shape index (κ3) is 29.7. The van der Waals surface area contributed by atoms with Crippen LogP contribution in [-0.4, -0.2) is 285 Å². The molecule has 0 radical (unpaired) electrons. The molecular weight excluding hydrogens is 1730 g/mol. The van der Waals surface area contributed by atoms with Gasteiger partial charge >= 0.3 is 12.1 Å². The highest BCUT2D eigenvalue weighted by Crippen LogP contribution is 2.70. The predicted molar refractivity (Wildman–Crippen MR) is 473 cm³/mol. The summed E-state index contributed by atoms with van der Waals surface area (Å²) in [4.78, 5) is 145. The van der Waals surface area contributed by atoms with Crippen LogP contribution >= 0.6 is 0 Å². The van der Waals surface area contributed by atoms with Crippen molar-refractivity contribution in [1.82, 2.24) is 52.2 Å². The number of ether oxygens (including phenoxy) is 12. The minimum atomic E-state index is -4.15. The largest absolute Gasteiger partial charge is 0.445 e. The fourth-order valence-electron chi connectivity index (χ4n) is 17.9. The molecule has 0 spiro atoms. The van der Waals surface area contributed by atoms with Gasteiger partial charge in [0.15, 0.2) is 23.5 Å². The molecule has 10 rings (SSSR count). The van der Waals surface area contributed by atoms with Gasteiger partial charge in [-0.2, -0.15) is 8.42 Å². The number of anilines is 2. The minimum absolute atomic E-state index is 0.0200. The Kier molecular flexibility index (Phi) is 40.3. The molecule has 6 aliphatic rings. The number of primary amides is 1. The molecule has 1 aromatic heterocycles. The molecule has 40 nitrogen and oxygen atoms in total. The van der Waals surface area contributed by atoms with Crippen molar-refractivity contribution in [2.45, 2.75) is 168 Å². The smallest absolute Gasteiger partial charge is 0.407 e. The molecule has 2 aliphatic heterocycles. The Bertz CT molecular complexity index is 4690. The average molecular weight is 1860 g/mol. The number of fused-ring (bicyclic) bond motifs is 12. The van der Waals surface area contributed by atoms with Crippen molar-refractivity contribution in [3.8, 4) is 22.5 Å². The molecule has 4 fully saturated rings. The number of amides is 10. The molecule has 11 atom stereocenters. The number of ketones is 2. The number of aliphatic hydroxyl groups is 1. The van der Waals surface area contributed by atoms with Crippen LogP contribution in [0, 0.1) is 34.5 Å². The Morgan fingerprint density at radius 2 is 1.31 bits per heavy atom. The lowest BCUT2D eigenvalue weighted by molar-refractivity contribution is -0.201. The number of para-hydroxylation sites is 1. The van der Waals surface area contributed by atoms with E-state index < -0.39 is 124 Å². The molecule has 3 saturated carbocycles. The van der Waals surface area contributed by atoms with E-state index in [-0.39, 0.29) is 198 Å². The van der Waals surface area contributed by atoms with Gasteiger partial charge in [-0.05, 0) is 104 Å². The molecule has 131 heavy (non-hydrogen) atoms. The molecule has 4 aromatic rings. The second-order valence-electron chi connectivity index (χ2n) is 33.6. The standard InChI is InChI=1S/C90H127N13O27S/c1-6-12-79-129-73-52-68-66-23-20-62-51-64(104)26-29-88(62,4)80(66)71(105)53-89(68,5)90(73,130-79)72(106)57-127-58-96-77(110)54-95-87(115)128-56-60-18-21-63(22-19-60)97-84(112)69(16-11-30-94-86(91)114)98-85(113)81(59(2)3)99-76(109)28-35-120-39-43-124-46-48-125-44-40-121-36-31-92-74(107)24-25-78(111)102-55-61-13-7-8-14-65(61)83-82(67-15-9-10-17-70(67)102)100-101-103(83)33-37-122-41-45-126-49-47-123-42-38-119-34-27-75(108)93-32-50-131(116,117)118/h7-10,13-15,17-19,21-22,26,29,51,59,66,68-69,71,73,79-81,105H,6,11-12,16,20,23-25,27-28,30-50,52-58H2,1-5H3,(H,92,107)(H,93,108)(H,95,115)(H,96,110)(H,97,112)(H,98,113)(H,99,109)(H3,91,94,114)(H,116,117,118)/t66-,68-,69-,71-,73+,79-,80+,81-,88-,89-,90+/m0/s1. The fraction of sp³-hybridized carbons (Fsp3) is 0.611. The zero-order chi connectivity index (χ0) is 93.9. The summed E-state index contributed by atoms with van der Waals surface area (Å²) < 4.78 is 101. The van der Waals surface area contributed by atoms with Crippen molar-refractivity contribution < 1.29 is 128 Å². The molecule has 41 heteroatoms. The lowest BCUT2D eigenvalue weighted by atomic mass is 9.46. The number of aromatic nitrogens is 3. The van der Waals surface area contributed by atoms with E-state index in [9.17, 15) is 66.3 Å². The van der Waals surface area contributed by atoms with Gasteiger partial charge in [-0.25, -0.2) is 14.3 Å². The Hall–Kier alpha value is -10.1. The van der Waals surface area contributed by atoms with Gasteiger partial charge in [-0.15, -0.1) is 5.10 Å². The first-order valence-corrected chi connectivity index (χ1v) is 46.4. The van der Waals surface area contributed by atoms with Gasteiger partial charge in [-0.1, -0.05) is 112 Å². The number of Topliss-reactive ketones (excluding diaryl/α,β-unsaturated/α-hetero) is 1. The maximum atomic E-state index is 14.6. The first kappa shape index (κ1) is 103. The van der Waals surface area contributed by atoms with E-state index in [1.165, 1.54) is 0 Å². The van der Waals surface area contributed by atoms with E-state index in [2.05, 4.69) is 59.8 Å². The summed E-state index contributed by atoms with van der Waals surface area (Å²) in [6.07, 6.45) is 6.14. The van der Waals surface area contributed by atoms with Crippen LogP contribution in [0.1, 0.15) is 123 Å². The van der Waals surface area contributed by atoms with E-state index in [4.69, 9.17) is 67.1 Å². The van der Waals surface area contributed by atoms with Gasteiger partial charge in [0.25, 0.3) is 10.1 Å². The summed E-state index contributed by atoms with van der Waals surface area (Å²) in [7, 11) is -4.15. The highest BCUT2D eigenvalue weighted by molar-refractivity contribution is 7.85. The van der Waals surface area contributed by atoms with Crippen LogP contribution < -0.4 is 53.2 Å². The van der Waals surface area contributed by atoms with Crippen LogP contribution in [0.2, 0.25) is 0 Å². The number of allylic oxidation sites excluding steroid dienone is 4. The second kappa shape index (κ2) is 51.2.